The quantitative estimate of drug-likeness (QED) is 0.300. The van der Waals surface area contributed by atoms with Gasteiger partial charge in [-0.2, -0.15) is 0 Å². The zero-order valence-electron chi connectivity index (χ0n) is 19.4. The fourth-order valence-corrected chi connectivity index (χ4v) is 3.93. The molecule has 6 heteroatoms. The van der Waals surface area contributed by atoms with Crippen LogP contribution in [0, 0.1) is 0 Å². The van der Waals surface area contributed by atoms with Gasteiger partial charge in [-0.15, -0.1) is 0 Å². The normalized spacial score (nSPS) is 11.8. The second-order valence-electron chi connectivity index (χ2n) is 8.29. The maximum Gasteiger partial charge on any atom is 1.00 e. The Hall–Kier alpha value is -0.664. The van der Waals surface area contributed by atoms with Crippen LogP contribution >= 0.6 is 0 Å². The fraction of sp³-hybridized carbons (Fsp3) is 0.600. The Morgan fingerprint density at radius 2 is 1.52 bits per heavy atom. The molecular formula is C25H37KN2O3. The van der Waals surface area contributed by atoms with Gasteiger partial charge >= 0.3 is 51.4 Å². The minimum Gasteiger partial charge on any atom is -0.548 e. The van der Waals surface area contributed by atoms with Crippen LogP contribution in [0.5, 0.6) is 0 Å². The first-order valence-corrected chi connectivity index (χ1v) is 11.7. The number of carboxylic acid groups (broad SMARTS) is 1. The van der Waals surface area contributed by atoms with Crippen LogP contribution in [0.2, 0.25) is 0 Å². The first-order valence-electron chi connectivity index (χ1n) is 11.7. The maximum absolute atomic E-state index is 12.2. The number of amides is 1. The predicted molar refractivity (Wildman–Crippen MR) is 120 cm³/mol. The summed E-state index contributed by atoms with van der Waals surface area (Å²) in [6.45, 7) is 2.24. The zero-order chi connectivity index (χ0) is 21.6. The molecule has 0 aliphatic rings. The summed E-state index contributed by atoms with van der Waals surface area (Å²) in [5, 5.41) is 15.1. The van der Waals surface area contributed by atoms with Gasteiger partial charge in [0.25, 0.3) is 0 Å². The molecule has 1 atom stereocenters. The van der Waals surface area contributed by atoms with Crippen LogP contribution in [0.4, 0.5) is 0 Å². The van der Waals surface area contributed by atoms with E-state index in [0.29, 0.717) is 6.42 Å². The summed E-state index contributed by atoms with van der Waals surface area (Å²) in [4.78, 5) is 26.9. The van der Waals surface area contributed by atoms with E-state index in [9.17, 15) is 14.7 Å². The van der Waals surface area contributed by atoms with Gasteiger partial charge in [-0.05, 0) is 18.1 Å². The minimum atomic E-state index is -1.24. The average Bonchev–Trinajstić information content (AvgIpc) is 3.14. The first-order chi connectivity index (χ1) is 14.6. The molecule has 0 saturated carbocycles. The number of hydrogen-bond acceptors (Lipinski definition) is 3. The van der Waals surface area contributed by atoms with E-state index in [-0.39, 0.29) is 63.7 Å². The van der Waals surface area contributed by atoms with Gasteiger partial charge in [0, 0.05) is 29.9 Å². The van der Waals surface area contributed by atoms with E-state index in [1.54, 1.807) is 6.20 Å². The van der Waals surface area contributed by atoms with Crippen molar-refractivity contribution in [1.29, 1.82) is 0 Å². The third-order valence-corrected chi connectivity index (χ3v) is 5.73. The van der Waals surface area contributed by atoms with Crippen molar-refractivity contribution in [3.8, 4) is 0 Å². The number of aromatic nitrogens is 1. The topological polar surface area (TPSA) is 85.0 Å². The Labute approximate surface area is 229 Å². The van der Waals surface area contributed by atoms with E-state index in [1.165, 1.54) is 51.4 Å². The van der Waals surface area contributed by atoms with Crippen LogP contribution in [0.3, 0.4) is 0 Å². The molecule has 5 nitrogen and oxygen atoms in total. The summed E-state index contributed by atoms with van der Waals surface area (Å²) >= 11 is 0. The third kappa shape index (κ3) is 11.2. The second-order valence-corrected chi connectivity index (χ2v) is 8.29. The van der Waals surface area contributed by atoms with Gasteiger partial charge in [0.1, 0.15) is 0 Å². The van der Waals surface area contributed by atoms with E-state index in [4.69, 9.17) is 0 Å². The van der Waals surface area contributed by atoms with Crippen molar-refractivity contribution in [2.45, 2.75) is 96.4 Å². The molecule has 0 aliphatic heterocycles. The van der Waals surface area contributed by atoms with Crippen LogP contribution in [0.1, 0.15) is 89.5 Å². The number of fused-ring (bicyclic) bond motifs is 1. The van der Waals surface area contributed by atoms with Crippen molar-refractivity contribution in [2.24, 2.45) is 0 Å². The molecule has 0 radical (unpaired) electrons. The molecule has 0 aliphatic carbocycles. The molecule has 31 heavy (non-hydrogen) atoms. The van der Waals surface area contributed by atoms with Crippen molar-refractivity contribution < 1.29 is 66.1 Å². The number of benzene rings is 1. The Kier molecular flexibility index (Phi) is 15.5. The number of H-pyrrole nitrogens is 1. The number of aliphatic carboxylic acids is 1. The van der Waals surface area contributed by atoms with Crippen molar-refractivity contribution in [3.05, 3.63) is 36.0 Å². The largest absolute Gasteiger partial charge is 1.00 e. The van der Waals surface area contributed by atoms with Crippen molar-refractivity contribution in [2.75, 3.05) is 0 Å². The number of carbonyl (C=O) groups excluding carboxylic acids is 2. The van der Waals surface area contributed by atoms with Gasteiger partial charge in [0.15, 0.2) is 0 Å². The van der Waals surface area contributed by atoms with Crippen LogP contribution in [0.25, 0.3) is 10.9 Å². The van der Waals surface area contributed by atoms with E-state index >= 15 is 0 Å². The van der Waals surface area contributed by atoms with Gasteiger partial charge in [0.2, 0.25) is 5.91 Å². The summed E-state index contributed by atoms with van der Waals surface area (Å²) in [7, 11) is 0. The minimum absolute atomic E-state index is 0. The number of aromatic amines is 1. The summed E-state index contributed by atoms with van der Waals surface area (Å²) in [5.74, 6) is -1.45. The van der Waals surface area contributed by atoms with E-state index in [0.717, 1.165) is 35.7 Å². The number of carboxylic acids is 1. The molecule has 0 spiro atoms. The van der Waals surface area contributed by atoms with E-state index < -0.39 is 12.0 Å². The number of carbonyl (C=O) groups is 2. The van der Waals surface area contributed by atoms with Crippen molar-refractivity contribution in [3.63, 3.8) is 0 Å². The zero-order valence-corrected chi connectivity index (χ0v) is 22.5. The van der Waals surface area contributed by atoms with Crippen LogP contribution in [0.15, 0.2) is 30.5 Å². The molecule has 2 aromatic rings. The molecular weight excluding hydrogens is 415 g/mol. The summed E-state index contributed by atoms with van der Waals surface area (Å²) < 4.78 is 0. The molecule has 0 fully saturated rings. The molecule has 0 bridgehead atoms. The molecule has 1 aromatic heterocycles. The van der Waals surface area contributed by atoms with Crippen molar-refractivity contribution in [1.82, 2.24) is 10.3 Å². The summed E-state index contributed by atoms with van der Waals surface area (Å²) in [6, 6.07) is 6.72. The fourth-order valence-electron chi connectivity index (χ4n) is 3.93. The number of para-hydroxylation sites is 1. The van der Waals surface area contributed by atoms with Gasteiger partial charge in [-0.1, -0.05) is 89.3 Å². The number of rotatable bonds is 16. The monoisotopic (exact) mass is 452 g/mol. The number of hydrogen-bond donors (Lipinski definition) is 2. The van der Waals surface area contributed by atoms with Crippen molar-refractivity contribution >= 4 is 22.8 Å². The molecule has 1 aromatic carbocycles. The Morgan fingerprint density at radius 3 is 2.13 bits per heavy atom. The molecule has 2 rings (SSSR count). The summed E-state index contributed by atoms with van der Waals surface area (Å²) in [5.41, 5.74) is 1.83. The van der Waals surface area contributed by atoms with Crippen LogP contribution in [-0.4, -0.2) is 22.9 Å². The molecule has 0 unspecified atom stereocenters. The maximum atomic E-state index is 12.2. The average molecular weight is 453 g/mol. The Bertz CT molecular complexity index is 775. The van der Waals surface area contributed by atoms with Gasteiger partial charge in [-0.25, -0.2) is 0 Å². The number of unbranched alkanes of at least 4 members (excludes halogenated alkanes) is 10. The molecule has 2 N–H and O–H groups in total. The first kappa shape index (κ1) is 28.4. The second kappa shape index (κ2) is 16.9. The molecule has 0 saturated heterocycles. The number of nitrogens with one attached hydrogen (secondary N) is 2. The SMILES string of the molecule is CCCCCCCCCCCCCC(=O)N[C@H](Cc1c[nH]c2ccccc12)C(=O)[O-].[K+]. The Morgan fingerprint density at radius 1 is 0.935 bits per heavy atom. The third-order valence-electron chi connectivity index (χ3n) is 5.73. The van der Waals surface area contributed by atoms with E-state index in [1.807, 2.05) is 24.3 Å². The van der Waals surface area contributed by atoms with Crippen LogP contribution in [-0.2, 0) is 16.0 Å². The standard InChI is InChI=1S/C25H38N2O3.K/c1-2-3-4-5-6-7-8-9-10-11-12-17-24(28)27-23(25(29)30)18-20-19-26-22-16-14-13-15-21(20)22;/h13-16,19,23,26H,2-12,17-18H2,1H3,(H,27,28)(H,29,30);/q;+1/p-1/t23-;/m1./s1. The summed E-state index contributed by atoms with van der Waals surface area (Å²) in [6.07, 6.45) is 15.8. The molecule has 166 valence electrons. The smallest absolute Gasteiger partial charge is 0.548 e. The van der Waals surface area contributed by atoms with Gasteiger partial charge in [-0.3, -0.25) is 4.79 Å². The molecule has 1 heterocycles. The predicted octanol–water partition coefficient (Wildman–Crippen LogP) is 1.65. The van der Waals surface area contributed by atoms with Crippen LogP contribution < -0.4 is 61.8 Å². The van der Waals surface area contributed by atoms with E-state index in [2.05, 4.69) is 17.2 Å². The Balaban J connectivity index is 0.00000480. The molecule has 1 amide bonds. The van der Waals surface area contributed by atoms with Gasteiger partial charge < -0.3 is 20.2 Å². The van der Waals surface area contributed by atoms with Gasteiger partial charge in [0.05, 0.1) is 12.0 Å².